The fourth-order valence-electron chi connectivity index (χ4n) is 2.48. The molecule has 116 valence electrons. The second kappa shape index (κ2) is 5.18. The first-order valence-electron chi connectivity index (χ1n) is 7.18. The fourth-order valence-corrected chi connectivity index (χ4v) is 4.21. The molecule has 0 saturated heterocycles. The van der Waals surface area contributed by atoms with Gasteiger partial charge in [0, 0.05) is 10.3 Å². The Labute approximate surface area is 137 Å². The van der Waals surface area contributed by atoms with Crippen molar-refractivity contribution in [1.82, 2.24) is 4.98 Å². The third-order valence-corrected chi connectivity index (χ3v) is 6.41. The topological polar surface area (TPSA) is 60.2 Å². The Kier molecular flexibility index (Phi) is 3.25. The van der Waals surface area contributed by atoms with E-state index in [0.29, 0.717) is 17.0 Å². The van der Waals surface area contributed by atoms with Crippen LogP contribution in [0.3, 0.4) is 0 Å². The van der Waals surface area contributed by atoms with E-state index in [1.807, 2.05) is 23.6 Å². The van der Waals surface area contributed by atoms with Crippen LogP contribution in [0.1, 0.15) is 6.92 Å². The van der Waals surface area contributed by atoms with E-state index in [-0.39, 0.29) is 10.6 Å². The van der Waals surface area contributed by atoms with Gasteiger partial charge in [-0.25, -0.2) is 13.4 Å². The lowest BCUT2D eigenvalue weighted by molar-refractivity contribution is 0.597. The van der Waals surface area contributed by atoms with E-state index < -0.39 is 9.84 Å². The molecule has 0 fully saturated rings. The van der Waals surface area contributed by atoms with Crippen LogP contribution in [0.25, 0.3) is 32.6 Å². The molecule has 23 heavy (non-hydrogen) atoms. The molecule has 0 amide bonds. The maximum Gasteiger partial charge on any atom is 0.227 e. The molecule has 0 aliphatic heterocycles. The highest BCUT2D eigenvalue weighted by Crippen LogP contribution is 2.30. The predicted octanol–water partition coefficient (Wildman–Crippen LogP) is 4.50. The van der Waals surface area contributed by atoms with Gasteiger partial charge in [0.15, 0.2) is 15.4 Å². The normalized spacial score (nSPS) is 12.2. The van der Waals surface area contributed by atoms with Gasteiger partial charge in [-0.2, -0.15) is 0 Å². The molecule has 0 radical (unpaired) electrons. The first kappa shape index (κ1) is 14.4. The molecule has 6 heteroatoms. The number of aromatic nitrogens is 1. The third-order valence-electron chi connectivity index (χ3n) is 3.80. The summed E-state index contributed by atoms with van der Waals surface area (Å²) in [5, 5.41) is 3.23. The highest BCUT2D eigenvalue weighted by atomic mass is 32.2. The molecule has 0 saturated carbocycles. The molecule has 0 atom stereocenters. The maximum atomic E-state index is 12.0. The van der Waals surface area contributed by atoms with E-state index in [4.69, 9.17) is 4.42 Å². The van der Waals surface area contributed by atoms with Gasteiger partial charge in [-0.3, -0.25) is 0 Å². The van der Waals surface area contributed by atoms with Gasteiger partial charge in [0.05, 0.1) is 10.6 Å². The molecule has 0 spiro atoms. The van der Waals surface area contributed by atoms with Crippen LogP contribution in [-0.2, 0) is 9.84 Å². The van der Waals surface area contributed by atoms with Crippen molar-refractivity contribution in [2.24, 2.45) is 0 Å². The van der Waals surface area contributed by atoms with Gasteiger partial charge in [0.1, 0.15) is 5.52 Å². The van der Waals surface area contributed by atoms with Gasteiger partial charge in [0.2, 0.25) is 5.89 Å². The quantitative estimate of drug-likeness (QED) is 0.549. The second-order valence-electron chi connectivity index (χ2n) is 5.23. The molecule has 0 bridgehead atoms. The van der Waals surface area contributed by atoms with Crippen molar-refractivity contribution in [3.8, 4) is 11.5 Å². The lowest BCUT2D eigenvalue weighted by Crippen LogP contribution is -2.03. The lowest BCUT2D eigenvalue weighted by atomic mass is 10.2. The van der Waals surface area contributed by atoms with Crippen molar-refractivity contribution < 1.29 is 12.8 Å². The standard InChI is InChI=1S/C17H13NO3S2/c1-2-23(19,20)13-5-6-15-14(10-13)18-17(21-15)12-4-3-11-7-8-22-16(11)9-12/h3-10H,2H2,1H3. The monoisotopic (exact) mass is 343 g/mol. The summed E-state index contributed by atoms with van der Waals surface area (Å²) in [6.45, 7) is 1.63. The lowest BCUT2D eigenvalue weighted by Gasteiger charge is -1.99. The van der Waals surface area contributed by atoms with Crippen molar-refractivity contribution in [3.63, 3.8) is 0 Å². The van der Waals surface area contributed by atoms with Gasteiger partial charge < -0.3 is 4.42 Å². The van der Waals surface area contributed by atoms with Crippen molar-refractivity contribution in [1.29, 1.82) is 0 Å². The highest BCUT2D eigenvalue weighted by molar-refractivity contribution is 7.91. The molecule has 2 heterocycles. The Morgan fingerprint density at radius 3 is 2.83 bits per heavy atom. The number of hydrogen-bond acceptors (Lipinski definition) is 5. The molecular weight excluding hydrogens is 330 g/mol. The second-order valence-corrected chi connectivity index (χ2v) is 8.45. The molecule has 0 aliphatic carbocycles. The predicted molar refractivity (Wildman–Crippen MR) is 92.6 cm³/mol. The summed E-state index contributed by atoms with van der Waals surface area (Å²) >= 11 is 1.66. The number of benzene rings is 2. The zero-order valence-electron chi connectivity index (χ0n) is 12.3. The van der Waals surface area contributed by atoms with Crippen molar-refractivity contribution in [2.75, 3.05) is 5.75 Å². The minimum Gasteiger partial charge on any atom is -0.436 e. The SMILES string of the molecule is CCS(=O)(=O)c1ccc2oc(-c3ccc4ccsc4c3)nc2c1. The largest absolute Gasteiger partial charge is 0.436 e. The molecule has 0 N–H and O–H groups in total. The van der Waals surface area contributed by atoms with Crippen molar-refractivity contribution in [3.05, 3.63) is 47.8 Å². The Morgan fingerprint density at radius 2 is 2.00 bits per heavy atom. The first-order chi connectivity index (χ1) is 11.1. The van der Waals surface area contributed by atoms with Crippen LogP contribution >= 0.6 is 11.3 Å². The van der Waals surface area contributed by atoms with E-state index >= 15 is 0 Å². The number of sulfone groups is 1. The molecule has 4 rings (SSSR count). The van der Waals surface area contributed by atoms with Crippen LogP contribution in [0, 0.1) is 0 Å². The van der Waals surface area contributed by atoms with Crippen LogP contribution in [0.4, 0.5) is 0 Å². The number of fused-ring (bicyclic) bond motifs is 2. The summed E-state index contributed by atoms with van der Waals surface area (Å²) in [7, 11) is -3.25. The zero-order valence-corrected chi connectivity index (χ0v) is 13.9. The van der Waals surface area contributed by atoms with Crippen LogP contribution in [0.15, 0.2) is 57.2 Å². The van der Waals surface area contributed by atoms with E-state index in [1.165, 1.54) is 10.1 Å². The van der Waals surface area contributed by atoms with Crippen LogP contribution in [-0.4, -0.2) is 19.2 Å². The van der Waals surface area contributed by atoms with Gasteiger partial charge >= 0.3 is 0 Å². The van der Waals surface area contributed by atoms with Crippen LogP contribution in [0.5, 0.6) is 0 Å². The smallest absolute Gasteiger partial charge is 0.227 e. The summed E-state index contributed by atoms with van der Waals surface area (Å²) in [5.41, 5.74) is 2.03. The minimum absolute atomic E-state index is 0.0677. The molecule has 0 unspecified atom stereocenters. The van der Waals surface area contributed by atoms with E-state index in [1.54, 1.807) is 36.5 Å². The van der Waals surface area contributed by atoms with Gasteiger partial charge in [-0.1, -0.05) is 13.0 Å². The molecule has 0 aliphatic rings. The van der Waals surface area contributed by atoms with Gasteiger partial charge in [-0.05, 0) is 47.2 Å². The number of hydrogen-bond donors (Lipinski definition) is 0. The summed E-state index contributed by atoms with van der Waals surface area (Å²) in [6, 6.07) is 12.9. The maximum absolute atomic E-state index is 12.0. The van der Waals surface area contributed by atoms with E-state index in [2.05, 4.69) is 11.1 Å². The van der Waals surface area contributed by atoms with Crippen molar-refractivity contribution in [2.45, 2.75) is 11.8 Å². The summed E-state index contributed by atoms with van der Waals surface area (Å²) in [6.07, 6.45) is 0. The fraction of sp³-hybridized carbons (Fsp3) is 0.118. The summed E-state index contributed by atoms with van der Waals surface area (Å²) < 4.78 is 30.9. The van der Waals surface area contributed by atoms with Crippen LogP contribution in [0.2, 0.25) is 0 Å². The number of rotatable bonds is 3. The average Bonchev–Trinajstić information content (AvgIpc) is 3.19. The summed E-state index contributed by atoms with van der Waals surface area (Å²) in [5.74, 6) is 0.569. The highest BCUT2D eigenvalue weighted by Gasteiger charge is 2.15. The molecule has 2 aromatic carbocycles. The van der Waals surface area contributed by atoms with Crippen molar-refractivity contribution >= 4 is 42.4 Å². The molecular formula is C17H13NO3S2. The zero-order chi connectivity index (χ0) is 16.0. The Bertz CT molecular complexity index is 1120. The van der Waals surface area contributed by atoms with Gasteiger partial charge in [0.25, 0.3) is 0 Å². The van der Waals surface area contributed by atoms with E-state index in [9.17, 15) is 8.42 Å². The molecule has 4 aromatic rings. The molecule has 4 nitrogen and oxygen atoms in total. The first-order valence-corrected chi connectivity index (χ1v) is 9.71. The van der Waals surface area contributed by atoms with Crippen LogP contribution < -0.4 is 0 Å². The third kappa shape index (κ3) is 2.44. The Morgan fingerprint density at radius 1 is 1.13 bits per heavy atom. The Balaban J connectivity index is 1.85. The van der Waals surface area contributed by atoms with Gasteiger partial charge in [-0.15, -0.1) is 11.3 Å². The molecule has 2 aromatic heterocycles. The summed E-state index contributed by atoms with van der Waals surface area (Å²) in [4.78, 5) is 4.73. The minimum atomic E-state index is -3.25. The Hall–Kier alpha value is -2.18. The number of thiophene rings is 1. The average molecular weight is 343 g/mol. The number of nitrogens with zero attached hydrogens (tertiary/aromatic N) is 1. The number of oxazole rings is 1. The van der Waals surface area contributed by atoms with E-state index in [0.717, 1.165) is 5.56 Å².